The Morgan fingerprint density at radius 3 is 1.89 bits per heavy atom. The van der Waals surface area contributed by atoms with Crippen molar-refractivity contribution in [1.29, 1.82) is 0 Å². The van der Waals surface area contributed by atoms with Crippen LogP contribution in [0.3, 0.4) is 0 Å². The van der Waals surface area contributed by atoms with Gasteiger partial charge in [0.2, 0.25) is 0 Å². The lowest BCUT2D eigenvalue weighted by atomic mass is 10.1. The summed E-state index contributed by atoms with van der Waals surface area (Å²) in [5.41, 5.74) is -10.4. The first-order chi connectivity index (χ1) is 12.0. The Labute approximate surface area is 152 Å². The number of aromatic amines is 1. The lowest BCUT2D eigenvalue weighted by Gasteiger charge is -2.14. The summed E-state index contributed by atoms with van der Waals surface area (Å²) in [6, 6.07) is 0.159. The van der Waals surface area contributed by atoms with Crippen LogP contribution in [0.5, 0.6) is 0 Å². The molecule has 0 saturated heterocycles. The molecule has 0 radical (unpaired) electrons. The molecule has 0 aliphatic rings. The summed E-state index contributed by atoms with van der Waals surface area (Å²) >= 11 is 2.41. The van der Waals surface area contributed by atoms with Crippen molar-refractivity contribution in [3.05, 3.63) is 34.1 Å². The van der Waals surface area contributed by atoms with Crippen LogP contribution in [0.25, 0.3) is 11.4 Å². The minimum absolute atomic E-state index is 0.192. The average molecular weight is 491 g/mol. The van der Waals surface area contributed by atoms with Gasteiger partial charge in [-0.1, -0.05) is 0 Å². The molecule has 4 nitrogen and oxygen atoms in total. The maximum atomic E-state index is 13.2. The zero-order valence-corrected chi connectivity index (χ0v) is 14.6. The monoisotopic (exact) mass is 490 g/mol. The molecule has 1 N–H and O–H groups in total. The van der Waals surface area contributed by atoms with Crippen LogP contribution in [0.4, 0.5) is 39.5 Å². The van der Waals surface area contributed by atoms with Gasteiger partial charge in [0, 0.05) is 5.56 Å². The van der Waals surface area contributed by atoms with Crippen LogP contribution in [-0.4, -0.2) is 23.9 Å². The molecule has 1 heterocycles. The molecule has 150 valence electrons. The van der Waals surface area contributed by atoms with Crippen molar-refractivity contribution >= 4 is 25.8 Å². The third-order valence-corrected chi connectivity index (χ3v) is 5.17. The summed E-state index contributed by atoms with van der Waals surface area (Å²) in [6.07, 6.45) is -10.4. The first-order valence-electron chi connectivity index (χ1n) is 6.32. The van der Waals surface area contributed by atoms with Crippen LogP contribution in [0.15, 0.2) is 27.7 Å². The molecule has 0 saturated carbocycles. The molecule has 15 heteroatoms. The second-order valence-corrected chi connectivity index (χ2v) is 7.60. The van der Waals surface area contributed by atoms with E-state index in [9.17, 15) is 47.9 Å². The Balaban J connectivity index is 2.74. The predicted octanol–water partition coefficient (Wildman–Crippen LogP) is 5.17. The maximum Gasteiger partial charge on any atom is 0.501 e. The third kappa shape index (κ3) is 4.07. The van der Waals surface area contributed by atoms with Crippen LogP contribution in [0.2, 0.25) is 0 Å². The van der Waals surface area contributed by atoms with Crippen LogP contribution in [0, 0.1) is 0 Å². The fraction of sp³-hybridized carbons (Fsp3) is 0.250. The van der Waals surface area contributed by atoms with E-state index in [0.29, 0.717) is 0 Å². The average Bonchev–Trinajstić information content (AvgIpc) is 2.86. The standard InChI is InChI=1S/C12H4BrF9N2O2S/c13-8-7(11(17,18)19)23-9(24-8)5-2-1-4(3-6(5)10(14,15)16)27(25,26)12(20,21)22/h1-3H,(H,23,24). The molecule has 0 fully saturated rings. The Kier molecular flexibility index (Phi) is 5.10. The molecule has 0 bridgehead atoms. The number of hydrogen-bond acceptors (Lipinski definition) is 3. The van der Waals surface area contributed by atoms with E-state index in [-0.39, 0.29) is 18.2 Å². The molecule has 0 aliphatic carbocycles. The van der Waals surface area contributed by atoms with E-state index in [2.05, 4.69) is 20.9 Å². The minimum atomic E-state index is -6.10. The lowest BCUT2D eigenvalue weighted by Crippen LogP contribution is -2.24. The summed E-state index contributed by atoms with van der Waals surface area (Å²) in [5, 5.41) is 0. The van der Waals surface area contributed by atoms with E-state index in [0.717, 1.165) is 0 Å². The van der Waals surface area contributed by atoms with Gasteiger partial charge in [0.25, 0.3) is 9.84 Å². The number of nitrogens with one attached hydrogen (secondary N) is 1. The maximum absolute atomic E-state index is 13.2. The van der Waals surface area contributed by atoms with Gasteiger partial charge in [0.15, 0.2) is 5.69 Å². The van der Waals surface area contributed by atoms with E-state index >= 15 is 0 Å². The normalized spacial score (nSPS) is 13.9. The van der Waals surface area contributed by atoms with Crippen molar-refractivity contribution in [2.45, 2.75) is 22.8 Å². The molecule has 2 aromatic rings. The number of alkyl halides is 9. The molecule has 0 spiro atoms. The number of H-pyrrole nitrogens is 1. The number of halogens is 10. The zero-order valence-electron chi connectivity index (χ0n) is 12.2. The second-order valence-electron chi connectivity index (χ2n) is 4.90. The van der Waals surface area contributed by atoms with E-state index in [1.54, 1.807) is 4.98 Å². The Morgan fingerprint density at radius 2 is 1.48 bits per heavy atom. The molecule has 0 amide bonds. The van der Waals surface area contributed by atoms with Crippen molar-refractivity contribution < 1.29 is 47.9 Å². The van der Waals surface area contributed by atoms with Crippen LogP contribution >= 0.6 is 15.9 Å². The van der Waals surface area contributed by atoms with E-state index in [1.807, 2.05) is 0 Å². The Hall–Kier alpha value is -1.77. The molecular formula is C12H4BrF9N2O2S. The molecule has 0 aliphatic heterocycles. The van der Waals surface area contributed by atoms with E-state index < -0.39 is 59.8 Å². The summed E-state index contributed by atoms with van der Waals surface area (Å²) in [6.45, 7) is 0. The molecular weight excluding hydrogens is 487 g/mol. The highest BCUT2D eigenvalue weighted by atomic mass is 79.9. The molecule has 1 aromatic heterocycles. The van der Waals surface area contributed by atoms with Gasteiger partial charge in [-0.05, 0) is 34.1 Å². The number of sulfone groups is 1. The third-order valence-electron chi connectivity index (χ3n) is 3.11. The molecule has 0 atom stereocenters. The van der Waals surface area contributed by atoms with Gasteiger partial charge in [0.1, 0.15) is 10.4 Å². The summed E-state index contributed by atoms with van der Waals surface area (Å²) in [4.78, 5) is 3.10. The van der Waals surface area contributed by atoms with Crippen LogP contribution < -0.4 is 0 Å². The Morgan fingerprint density at radius 1 is 0.926 bits per heavy atom. The van der Waals surface area contributed by atoms with Gasteiger partial charge in [-0.25, -0.2) is 13.4 Å². The number of rotatable bonds is 2. The zero-order chi connectivity index (χ0) is 21.0. The number of aromatic nitrogens is 2. The highest BCUT2D eigenvalue weighted by molar-refractivity contribution is 9.10. The van der Waals surface area contributed by atoms with E-state index in [1.165, 1.54) is 0 Å². The van der Waals surface area contributed by atoms with Gasteiger partial charge >= 0.3 is 17.9 Å². The first-order valence-corrected chi connectivity index (χ1v) is 8.59. The molecule has 2 rings (SSSR count). The van der Waals surface area contributed by atoms with Crippen molar-refractivity contribution in [1.82, 2.24) is 9.97 Å². The van der Waals surface area contributed by atoms with Gasteiger partial charge in [-0.15, -0.1) is 0 Å². The quantitative estimate of drug-likeness (QED) is 0.590. The summed E-state index contributed by atoms with van der Waals surface area (Å²) < 4.78 is 137. The molecule has 27 heavy (non-hydrogen) atoms. The predicted molar refractivity (Wildman–Crippen MR) is 75.0 cm³/mol. The summed E-state index contributed by atoms with van der Waals surface area (Å²) in [7, 11) is -6.10. The van der Waals surface area contributed by atoms with Crippen LogP contribution in [0.1, 0.15) is 11.3 Å². The van der Waals surface area contributed by atoms with Crippen molar-refractivity contribution in [3.63, 3.8) is 0 Å². The van der Waals surface area contributed by atoms with Gasteiger partial charge in [0.05, 0.1) is 10.5 Å². The van der Waals surface area contributed by atoms with Crippen molar-refractivity contribution in [3.8, 4) is 11.4 Å². The van der Waals surface area contributed by atoms with Crippen LogP contribution in [-0.2, 0) is 22.2 Å². The fourth-order valence-corrected chi connectivity index (χ4v) is 3.22. The smallest absolute Gasteiger partial charge is 0.333 e. The summed E-state index contributed by atoms with van der Waals surface area (Å²) in [5.74, 6) is -0.975. The largest absolute Gasteiger partial charge is 0.501 e. The highest BCUT2D eigenvalue weighted by Gasteiger charge is 2.48. The number of nitrogens with zero attached hydrogens (tertiary/aromatic N) is 1. The number of hydrogen-bond donors (Lipinski definition) is 1. The molecule has 1 aromatic carbocycles. The van der Waals surface area contributed by atoms with Gasteiger partial charge < -0.3 is 4.98 Å². The topological polar surface area (TPSA) is 62.8 Å². The SMILES string of the molecule is O=S(=O)(c1ccc(-c2nc(Br)c(C(F)(F)F)[nH]2)c(C(F)(F)F)c1)C(F)(F)F. The van der Waals surface area contributed by atoms with Gasteiger partial charge in [-0.3, -0.25) is 0 Å². The highest BCUT2D eigenvalue weighted by Crippen LogP contribution is 2.41. The lowest BCUT2D eigenvalue weighted by molar-refractivity contribution is -0.141. The van der Waals surface area contributed by atoms with Gasteiger partial charge in [-0.2, -0.15) is 39.5 Å². The second kappa shape index (κ2) is 6.39. The first kappa shape index (κ1) is 21.5. The van der Waals surface area contributed by atoms with Crippen molar-refractivity contribution in [2.75, 3.05) is 0 Å². The van der Waals surface area contributed by atoms with E-state index in [4.69, 9.17) is 0 Å². The van der Waals surface area contributed by atoms with Crippen molar-refractivity contribution in [2.24, 2.45) is 0 Å². The minimum Gasteiger partial charge on any atom is -0.333 e. The molecule has 0 unspecified atom stereocenters. The number of benzene rings is 1. The fourth-order valence-electron chi connectivity index (χ4n) is 1.93. The Bertz CT molecular complexity index is 974. The number of imidazole rings is 1.